The molecule has 0 saturated heterocycles. The Bertz CT molecular complexity index is 1100. The van der Waals surface area contributed by atoms with Crippen LogP contribution in [0.4, 0.5) is 0 Å². The summed E-state index contributed by atoms with van der Waals surface area (Å²) in [7, 11) is -2.51. The molecule has 1 aromatic carbocycles. The molecule has 186 valence electrons. The molecule has 2 bridgehead atoms. The second-order valence-corrected chi connectivity index (χ2v) is 12.1. The molecule has 1 N–H and O–H groups in total. The molecule has 8 nitrogen and oxygen atoms in total. The highest BCUT2D eigenvalue weighted by Gasteiger charge is 2.54. The second-order valence-electron chi connectivity index (χ2n) is 10.5. The van der Waals surface area contributed by atoms with Crippen LogP contribution in [0, 0.1) is 29.6 Å². The van der Waals surface area contributed by atoms with Crippen molar-refractivity contribution in [2.24, 2.45) is 27.8 Å². The highest BCUT2D eigenvalue weighted by molar-refractivity contribution is 7.89. The van der Waals surface area contributed by atoms with Crippen molar-refractivity contribution in [1.29, 1.82) is 0 Å². The molecule has 0 aliphatic heterocycles. The Balaban J connectivity index is 1.86. The van der Waals surface area contributed by atoms with Crippen LogP contribution >= 0.6 is 0 Å². The molecule has 0 heterocycles. The van der Waals surface area contributed by atoms with Gasteiger partial charge in [-0.2, -0.15) is 13.5 Å². The monoisotopic (exact) mass is 490 g/mol. The molecule has 2 aliphatic rings. The van der Waals surface area contributed by atoms with E-state index in [1.807, 2.05) is 6.92 Å². The number of nitrogens with zero attached hydrogens (tertiary/aromatic N) is 1. The number of esters is 2. The number of carbonyl (C=O) groups is 2. The zero-order valence-corrected chi connectivity index (χ0v) is 21.3. The maximum absolute atomic E-state index is 12.7. The largest absolute Gasteiger partial charge is 0.469 e. The first-order valence-corrected chi connectivity index (χ1v) is 12.8. The van der Waals surface area contributed by atoms with Crippen LogP contribution in [0.15, 0.2) is 46.4 Å². The van der Waals surface area contributed by atoms with Crippen LogP contribution in [0.25, 0.3) is 0 Å². The third-order valence-corrected chi connectivity index (χ3v) is 8.02. The molecule has 0 radical (unpaired) electrons. The number of hydrogen-bond donors (Lipinski definition) is 1. The van der Waals surface area contributed by atoms with E-state index in [9.17, 15) is 18.0 Å². The Hall–Kier alpha value is -2.68. The number of fused-ring (bicyclic) bond motifs is 2. The first-order valence-electron chi connectivity index (χ1n) is 11.3. The van der Waals surface area contributed by atoms with Gasteiger partial charge in [0.05, 0.1) is 24.0 Å². The van der Waals surface area contributed by atoms with Crippen molar-refractivity contribution in [1.82, 2.24) is 4.83 Å². The summed E-state index contributed by atoms with van der Waals surface area (Å²) in [6, 6.07) is 6.51. The van der Waals surface area contributed by atoms with Crippen molar-refractivity contribution in [2.75, 3.05) is 13.7 Å². The topological polar surface area (TPSA) is 111 Å². The normalized spacial score (nSPS) is 25.8. The summed E-state index contributed by atoms with van der Waals surface area (Å²) < 4.78 is 36.1. The Morgan fingerprint density at radius 3 is 2.47 bits per heavy atom. The number of allylic oxidation sites excluding steroid dienone is 1. The number of benzene rings is 1. The molecule has 0 amide bonds. The lowest BCUT2D eigenvalue weighted by Crippen LogP contribution is -2.42. The van der Waals surface area contributed by atoms with Crippen molar-refractivity contribution in [3.05, 3.63) is 42.0 Å². The minimum Gasteiger partial charge on any atom is -0.469 e. The number of methoxy groups -OCH3 is 1. The van der Waals surface area contributed by atoms with Crippen LogP contribution in [0.2, 0.25) is 0 Å². The van der Waals surface area contributed by atoms with Crippen LogP contribution in [0.1, 0.15) is 52.0 Å². The number of aryl methyl sites for hydroxylation is 1. The number of ether oxygens (including phenoxy) is 2. The molecule has 9 heteroatoms. The summed E-state index contributed by atoms with van der Waals surface area (Å²) in [5.41, 5.74) is 1.37. The first-order chi connectivity index (χ1) is 15.8. The molecule has 2 fully saturated rings. The van der Waals surface area contributed by atoms with Crippen molar-refractivity contribution in [2.45, 2.75) is 58.3 Å². The number of hydrogen-bond acceptors (Lipinski definition) is 7. The fraction of sp³-hybridized carbons (Fsp3) is 0.560. The van der Waals surface area contributed by atoms with Crippen molar-refractivity contribution in [3.8, 4) is 0 Å². The number of carbonyl (C=O) groups excluding carboxylic acids is 2. The standard InChI is InChI=1S/C25H34N2O6S/c1-16-7-9-19(10-8-16)34(30,31)27-26-21-11-18(12-22(28)32-6)25(13-17(2)20(21)14-25)15-33-23(29)24(3,4)5/h7-10,18,20,27H,2,11-15H2,1,3-6H3/b26-21+/t18-,20+,25+/m0/s1. The van der Waals surface area contributed by atoms with Gasteiger partial charge in [0.25, 0.3) is 10.0 Å². The fourth-order valence-electron chi connectivity index (χ4n) is 4.71. The van der Waals surface area contributed by atoms with Crippen LogP contribution in [-0.4, -0.2) is 39.8 Å². The summed E-state index contributed by atoms with van der Waals surface area (Å²) in [4.78, 5) is 27.1. The van der Waals surface area contributed by atoms with Gasteiger partial charge in [-0.05, 0) is 65.0 Å². The maximum atomic E-state index is 12.7. The van der Waals surface area contributed by atoms with Gasteiger partial charge in [0.2, 0.25) is 0 Å². The SMILES string of the molecule is C=C1C[C@]2(COC(=O)C(C)(C)C)C[C@H]1/C(=N/NS(=O)(=O)c1ccc(C)cc1)C[C@H]2CC(=O)OC. The third kappa shape index (κ3) is 5.51. The smallest absolute Gasteiger partial charge is 0.311 e. The van der Waals surface area contributed by atoms with E-state index in [0.717, 1.165) is 11.1 Å². The van der Waals surface area contributed by atoms with E-state index in [2.05, 4.69) is 16.5 Å². The van der Waals surface area contributed by atoms with Crippen molar-refractivity contribution in [3.63, 3.8) is 0 Å². The summed E-state index contributed by atoms with van der Waals surface area (Å²) in [6.07, 6.45) is 1.64. The summed E-state index contributed by atoms with van der Waals surface area (Å²) in [5.74, 6) is -1.06. The molecule has 0 aromatic heterocycles. The number of hydrazone groups is 1. The number of sulfonamides is 1. The van der Waals surface area contributed by atoms with E-state index in [1.54, 1.807) is 32.9 Å². The molecule has 1 aromatic rings. The predicted molar refractivity (Wildman–Crippen MR) is 128 cm³/mol. The quantitative estimate of drug-likeness (QED) is 0.354. The molecular weight excluding hydrogens is 456 g/mol. The van der Waals surface area contributed by atoms with Crippen LogP contribution in [-0.2, 0) is 29.1 Å². The molecular formula is C25H34N2O6S. The minimum atomic E-state index is -3.84. The average Bonchev–Trinajstić information content (AvgIpc) is 3.06. The molecule has 0 spiro atoms. The van der Waals surface area contributed by atoms with Gasteiger partial charge in [-0.3, -0.25) is 9.59 Å². The maximum Gasteiger partial charge on any atom is 0.311 e. The van der Waals surface area contributed by atoms with Crippen LogP contribution < -0.4 is 4.83 Å². The van der Waals surface area contributed by atoms with Gasteiger partial charge < -0.3 is 9.47 Å². The lowest BCUT2D eigenvalue weighted by molar-refractivity contribution is -0.158. The van der Waals surface area contributed by atoms with Crippen LogP contribution in [0.3, 0.4) is 0 Å². The van der Waals surface area contributed by atoms with Gasteiger partial charge in [-0.15, -0.1) is 0 Å². The molecule has 0 unspecified atom stereocenters. The Morgan fingerprint density at radius 2 is 1.88 bits per heavy atom. The van der Waals surface area contributed by atoms with Gasteiger partial charge in [0.1, 0.15) is 0 Å². The van der Waals surface area contributed by atoms with Gasteiger partial charge in [0, 0.05) is 23.5 Å². The summed E-state index contributed by atoms with van der Waals surface area (Å²) in [5, 5.41) is 4.29. The number of nitrogens with one attached hydrogen (secondary N) is 1. The molecule has 2 aliphatic carbocycles. The van der Waals surface area contributed by atoms with Gasteiger partial charge in [0.15, 0.2) is 0 Å². The van der Waals surface area contributed by atoms with Gasteiger partial charge >= 0.3 is 11.9 Å². The molecule has 3 atom stereocenters. The van der Waals surface area contributed by atoms with Crippen LogP contribution in [0.5, 0.6) is 0 Å². The summed E-state index contributed by atoms with van der Waals surface area (Å²) >= 11 is 0. The highest BCUT2D eigenvalue weighted by Crippen LogP contribution is 2.57. The summed E-state index contributed by atoms with van der Waals surface area (Å²) in [6.45, 7) is 11.6. The van der Waals surface area contributed by atoms with Gasteiger partial charge in [-0.25, -0.2) is 4.83 Å². The fourth-order valence-corrected chi connectivity index (χ4v) is 5.55. The van der Waals surface area contributed by atoms with E-state index < -0.39 is 20.9 Å². The molecule has 34 heavy (non-hydrogen) atoms. The average molecular weight is 491 g/mol. The van der Waals surface area contributed by atoms with E-state index in [0.29, 0.717) is 25.0 Å². The Kier molecular flexibility index (Phi) is 7.26. The van der Waals surface area contributed by atoms with Gasteiger partial charge in [-0.1, -0.05) is 29.8 Å². The van der Waals surface area contributed by atoms with E-state index >= 15 is 0 Å². The zero-order valence-electron chi connectivity index (χ0n) is 20.5. The zero-order chi connectivity index (χ0) is 25.3. The molecule has 3 rings (SSSR count). The first kappa shape index (κ1) is 25.9. The second kappa shape index (κ2) is 9.52. The number of rotatable bonds is 7. The van der Waals surface area contributed by atoms with Crippen molar-refractivity contribution >= 4 is 27.7 Å². The highest BCUT2D eigenvalue weighted by atomic mass is 32.2. The third-order valence-electron chi connectivity index (χ3n) is 6.79. The van der Waals surface area contributed by atoms with Crippen molar-refractivity contribution < 1.29 is 27.5 Å². The Morgan fingerprint density at radius 1 is 1.24 bits per heavy atom. The van der Waals surface area contributed by atoms with E-state index in [-0.39, 0.29) is 41.7 Å². The Labute approximate surface area is 201 Å². The lowest BCUT2D eigenvalue weighted by atomic mass is 9.66. The molecule has 2 saturated carbocycles. The van der Waals surface area contributed by atoms with E-state index in [1.165, 1.54) is 19.2 Å². The van der Waals surface area contributed by atoms with E-state index in [4.69, 9.17) is 9.47 Å². The lowest BCUT2D eigenvalue weighted by Gasteiger charge is -2.40. The predicted octanol–water partition coefficient (Wildman–Crippen LogP) is 3.75. The minimum absolute atomic E-state index is 0.118.